The van der Waals surface area contributed by atoms with E-state index in [1.165, 1.54) is 11.3 Å². The van der Waals surface area contributed by atoms with Crippen molar-refractivity contribution < 1.29 is 19.1 Å². The fourth-order valence-corrected chi connectivity index (χ4v) is 4.62. The lowest BCUT2D eigenvalue weighted by atomic mass is 10.0. The van der Waals surface area contributed by atoms with Gasteiger partial charge in [-0.25, -0.2) is 0 Å². The molecule has 7 heteroatoms. The molecule has 2 saturated heterocycles. The van der Waals surface area contributed by atoms with Gasteiger partial charge in [0.05, 0.1) is 0 Å². The quantitative estimate of drug-likeness (QED) is 0.615. The van der Waals surface area contributed by atoms with Gasteiger partial charge in [0.25, 0.3) is 0 Å². The molecule has 2 fully saturated rings. The Morgan fingerprint density at radius 2 is 1.66 bits per heavy atom. The summed E-state index contributed by atoms with van der Waals surface area (Å²) in [6.07, 6.45) is 3.55. The molecule has 0 aliphatic carbocycles. The normalized spacial score (nSPS) is 23.2. The molecular formula is C22H33N3O4. The number of piperidine rings is 2. The predicted molar refractivity (Wildman–Crippen MR) is 113 cm³/mol. The minimum atomic E-state index is -0.479. The Hall–Kier alpha value is -2.12. The molecule has 1 atom stereocenters. The molecule has 29 heavy (non-hydrogen) atoms. The summed E-state index contributed by atoms with van der Waals surface area (Å²) in [5, 5.41) is 2.48. The number of fused-ring (bicyclic) bond motifs is 1. The molecule has 4 rings (SSSR count). The number of benzene rings is 1. The third-order valence-corrected chi connectivity index (χ3v) is 6.23. The summed E-state index contributed by atoms with van der Waals surface area (Å²) in [6, 6.07) is 6.07. The van der Waals surface area contributed by atoms with Crippen LogP contribution >= 0.6 is 0 Å². The molecule has 1 aromatic carbocycles. The first-order chi connectivity index (χ1) is 14.1. The Kier molecular flexibility index (Phi) is 6.80. The number of carbonyl (C=O) groups is 2. The maximum Gasteiger partial charge on any atom is 0.249 e. The second kappa shape index (κ2) is 9.13. The third kappa shape index (κ3) is 4.12. The Morgan fingerprint density at radius 3 is 2.28 bits per heavy atom. The predicted octanol–water partition coefficient (Wildman–Crippen LogP) is 2.47. The van der Waals surface area contributed by atoms with Gasteiger partial charge < -0.3 is 19.3 Å². The van der Waals surface area contributed by atoms with Crippen molar-refractivity contribution in [2.24, 2.45) is 0 Å². The number of methoxy groups -OCH3 is 2. The van der Waals surface area contributed by atoms with Crippen molar-refractivity contribution in [2.75, 3.05) is 43.7 Å². The zero-order chi connectivity index (χ0) is 21.0. The van der Waals surface area contributed by atoms with Crippen LogP contribution in [0.3, 0.4) is 0 Å². The number of ether oxygens (including phenoxy) is 2. The van der Waals surface area contributed by atoms with Crippen LogP contribution in [0.2, 0.25) is 0 Å². The van der Waals surface area contributed by atoms with Crippen LogP contribution in [0.1, 0.15) is 45.1 Å². The molecule has 7 nitrogen and oxygen atoms in total. The summed E-state index contributed by atoms with van der Waals surface area (Å²) in [6.45, 7) is 6.56. The Morgan fingerprint density at radius 1 is 1.00 bits per heavy atom. The average Bonchev–Trinajstić information content (AvgIpc) is 3.19. The highest BCUT2D eigenvalue weighted by molar-refractivity contribution is 6.02. The van der Waals surface area contributed by atoms with E-state index in [1.54, 1.807) is 14.2 Å². The molecule has 2 amide bonds. The van der Waals surface area contributed by atoms with Crippen molar-refractivity contribution in [3.63, 3.8) is 0 Å². The van der Waals surface area contributed by atoms with Crippen molar-refractivity contribution in [2.45, 2.75) is 57.8 Å². The Labute approximate surface area is 173 Å². The largest absolute Gasteiger partial charge is 0.371 e. The van der Waals surface area contributed by atoms with Gasteiger partial charge in [-0.3, -0.25) is 14.9 Å². The molecule has 0 bridgehead atoms. The smallest absolute Gasteiger partial charge is 0.249 e. The van der Waals surface area contributed by atoms with Gasteiger partial charge in [-0.1, -0.05) is 19.9 Å². The molecule has 1 aromatic rings. The van der Waals surface area contributed by atoms with Crippen LogP contribution in [0.25, 0.3) is 0 Å². The second-order valence-electron chi connectivity index (χ2n) is 7.49. The number of imide groups is 1. The summed E-state index contributed by atoms with van der Waals surface area (Å²) in [4.78, 5) is 28.3. The molecule has 0 saturated carbocycles. The molecule has 160 valence electrons. The van der Waals surface area contributed by atoms with E-state index in [1.807, 2.05) is 13.8 Å². The van der Waals surface area contributed by atoms with Crippen LogP contribution in [0, 0.1) is 0 Å². The van der Waals surface area contributed by atoms with Crippen LogP contribution in [0.5, 0.6) is 0 Å². The van der Waals surface area contributed by atoms with E-state index in [-0.39, 0.29) is 17.9 Å². The first-order valence-corrected chi connectivity index (χ1v) is 10.6. The summed E-state index contributed by atoms with van der Waals surface area (Å²) in [7, 11) is 3.41. The van der Waals surface area contributed by atoms with E-state index in [2.05, 4.69) is 33.3 Å². The van der Waals surface area contributed by atoms with Gasteiger partial charge in [0.1, 0.15) is 6.04 Å². The lowest BCUT2D eigenvalue weighted by molar-refractivity contribution is -0.216. The van der Waals surface area contributed by atoms with Crippen LogP contribution in [0.15, 0.2) is 18.2 Å². The van der Waals surface area contributed by atoms with Crippen molar-refractivity contribution >= 4 is 23.2 Å². The fourth-order valence-electron chi connectivity index (χ4n) is 4.62. The second-order valence-corrected chi connectivity index (χ2v) is 7.49. The Balaban J connectivity index is 0.00000117. The van der Waals surface area contributed by atoms with E-state index in [0.29, 0.717) is 12.8 Å². The monoisotopic (exact) mass is 403 g/mol. The summed E-state index contributed by atoms with van der Waals surface area (Å²) >= 11 is 0. The van der Waals surface area contributed by atoms with Gasteiger partial charge in [-0.2, -0.15) is 0 Å². The zero-order valence-corrected chi connectivity index (χ0v) is 18.0. The van der Waals surface area contributed by atoms with Crippen molar-refractivity contribution in [1.29, 1.82) is 0 Å². The Bertz CT molecular complexity index is 738. The van der Waals surface area contributed by atoms with Crippen LogP contribution in [-0.4, -0.2) is 57.5 Å². The molecule has 3 aliphatic rings. The maximum absolute atomic E-state index is 12.3. The SMILES string of the molecule is CC.COC1(OC)CCN(c2cccc3c2CCN3C2CCC(=O)NC2=O)CC1. The lowest BCUT2D eigenvalue weighted by Gasteiger charge is -2.41. The van der Waals surface area contributed by atoms with E-state index in [4.69, 9.17) is 9.47 Å². The number of nitrogens with one attached hydrogen (secondary N) is 1. The van der Waals surface area contributed by atoms with Gasteiger partial charge in [0.2, 0.25) is 11.8 Å². The molecule has 1 N–H and O–H groups in total. The lowest BCUT2D eigenvalue weighted by Crippen LogP contribution is -2.52. The number of anilines is 2. The number of carbonyl (C=O) groups excluding carboxylic acids is 2. The standard InChI is InChI=1S/C20H27N3O4.C2H6/c1-26-20(27-2)9-12-22(13-10-20)15-4-3-5-16-14(15)8-11-23(16)17-6-7-18(24)21-19(17)25;1-2/h3-5,17H,6-13H2,1-2H3,(H,21,24,25);1-2H3. The first-order valence-electron chi connectivity index (χ1n) is 10.6. The number of hydrogen-bond acceptors (Lipinski definition) is 6. The molecular weight excluding hydrogens is 370 g/mol. The first kappa shape index (κ1) is 21.6. The van der Waals surface area contributed by atoms with Gasteiger partial charge in [-0.15, -0.1) is 0 Å². The molecule has 1 unspecified atom stereocenters. The third-order valence-electron chi connectivity index (χ3n) is 6.23. The van der Waals surface area contributed by atoms with Gasteiger partial charge >= 0.3 is 0 Å². The van der Waals surface area contributed by atoms with Gasteiger partial charge in [0, 0.05) is 70.1 Å². The van der Waals surface area contributed by atoms with Crippen molar-refractivity contribution in [3.8, 4) is 0 Å². The fraction of sp³-hybridized carbons (Fsp3) is 0.636. The van der Waals surface area contributed by atoms with E-state index < -0.39 is 5.79 Å². The van der Waals surface area contributed by atoms with Crippen LogP contribution in [0.4, 0.5) is 11.4 Å². The molecule has 0 aromatic heterocycles. The minimum absolute atomic E-state index is 0.169. The zero-order valence-electron chi connectivity index (χ0n) is 18.0. The van der Waals surface area contributed by atoms with Crippen LogP contribution in [-0.2, 0) is 25.5 Å². The average molecular weight is 404 g/mol. The highest BCUT2D eigenvalue weighted by Crippen LogP contribution is 2.39. The van der Waals surface area contributed by atoms with Crippen molar-refractivity contribution in [1.82, 2.24) is 5.32 Å². The highest BCUT2D eigenvalue weighted by Gasteiger charge is 2.38. The highest BCUT2D eigenvalue weighted by atomic mass is 16.7. The van der Waals surface area contributed by atoms with E-state index >= 15 is 0 Å². The number of amides is 2. The molecule has 0 spiro atoms. The van der Waals surface area contributed by atoms with Gasteiger partial charge in [-0.05, 0) is 25.0 Å². The van der Waals surface area contributed by atoms with Crippen LogP contribution < -0.4 is 15.1 Å². The van der Waals surface area contributed by atoms with E-state index in [9.17, 15) is 9.59 Å². The topological polar surface area (TPSA) is 71.1 Å². The minimum Gasteiger partial charge on any atom is -0.371 e. The molecule has 0 radical (unpaired) electrons. The summed E-state index contributed by atoms with van der Waals surface area (Å²) < 4.78 is 11.2. The summed E-state index contributed by atoms with van der Waals surface area (Å²) in [5.74, 6) is -0.822. The van der Waals surface area contributed by atoms with Gasteiger partial charge in [0.15, 0.2) is 5.79 Å². The molecule has 3 heterocycles. The number of rotatable bonds is 4. The van der Waals surface area contributed by atoms with E-state index in [0.717, 1.165) is 44.6 Å². The summed E-state index contributed by atoms with van der Waals surface area (Å²) in [5.41, 5.74) is 3.66. The molecule has 3 aliphatic heterocycles. The number of hydrogen-bond donors (Lipinski definition) is 1. The maximum atomic E-state index is 12.3. The number of nitrogens with zero attached hydrogens (tertiary/aromatic N) is 2. The van der Waals surface area contributed by atoms with Crippen molar-refractivity contribution in [3.05, 3.63) is 23.8 Å².